The lowest BCUT2D eigenvalue weighted by atomic mass is 10.4. The van der Waals surface area contributed by atoms with E-state index < -0.39 is 0 Å². The molecule has 0 unspecified atom stereocenters. The molecule has 0 bridgehead atoms. The van der Waals surface area contributed by atoms with Crippen LogP contribution in [0.3, 0.4) is 0 Å². The van der Waals surface area contributed by atoms with Crippen molar-refractivity contribution < 1.29 is 9.47 Å². The monoisotopic (exact) mass is 241 g/mol. The smallest absolute Gasteiger partial charge is 0.239 e. The van der Waals surface area contributed by atoms with Crippen LogP contribution in [0, 0.1) is 0 Å². The van der Waals surface area contributed by atoms with Crippen molar-refractivity contribution in [2.24, 2.45) is 5.84 Å². The number of hydrogen-bond donors (Lipinski definition) is 3. The molecule has 4 N–H and O–H groups in total. The number of aromatic nitrogens is 2. The number of methoxy groups -OCH3 is 1. The molecule has 1 aromatic heterocycles. The fourth-order valence-corrected chi connectivity index (χ4v) is 1.16. The van der Waals surface area contributed by atoms with Gasteiger partial charge in [-0.3, -0.25) is 5.43 Å². The third-order valence-corrected chi connectivity index (χ3v) is 1.99. The first-order chi connectivity index (χ1) is 8.36. The van der Waals surface area contributed by atoms with Gasteiger partial charge in [-0.15, -0.1) is 0 Å². The van der Waals surface area contributed by atoms with Crippen LogP contribution in [0.25, 0.3) is 0 Å². The number of nitrogen functional groups attached to an aromatic ring is 1. The van der Waals surface area contributed by atoms with E-state index in [9.17, 15) is 0 Å². The van der Waals surface area contributed by atoms with Crippen LogP contribution in [0.15, 0.2) is 12.3 Å². The van der Waals surface area contributed by atoms with E-state index in [0.717, 1.165) is 18.8 Å². The number of ether oxygens (including phenoxy) is 2. The maximum Gasteiger partial charge on any atom is 0.239 e. The van der Waals surface area contributed by atoms with Gasteiger partial charge in [-0.2, -0.15) is 4.98 Å². The van der Waals surface area contributed by atoms with Gasteiger partial charge in [0.1, 0.15) is 5.82 Å². The predicted molar refractivity (Wildman–Crippen MR) is 65.6 cm³/mol. The summed E-state index contributed by atoms with van der Waals surface area (Å²) in [6.45, 7) is 2.74. The Bertz CT molecular complexity index is 311. The Hall–Kier alpha value is -1.44. The summed E-state index contributed by atoms with van der Waals surface area (Å²) in [5.74, 6) is 6.34. The van der Waals surface area contributed by atoms with Crippen molar-refractivity contribution in [3.63, 3.8) is 0 Å². The third-order valence-electron chi connectivity index (χ3n) is 1.99. The van der Waals surface area contributed by atoms with Crippen LogP contribution in [0.4, 0.5) is 11.8 Å². The zero-order chi connectivity index (χ0) is 12.3. The molecule has 0 aliphatic carbocycles. The summed E-state index contributed by atoms with van der Waals surface area (Å²) >= 11 is 0. The van der Waals surface area contributed by atoms with E-state index in [1.54, 1.807) is 19.4 Å². The first kappa shape index (κ1) is 13.6. The zero-order valence-corrected chi connectivity index (χ0v) is 9.98. The molecule has 0 spiro atoms. The van der Waals surface area contributed by atoms with Crippen molar-refractivity contribution in [2.45, 2.75) is 6.42 Å². The minimum Gasteiger partial charge on any atom is -0.382 e. The van der Waals surface area contributed by atoms with Gasteiger partial charge in [0.2, 0.25) is 5.95 Å². The molecule has 1 heterocycles. The lowest BCUT2D eigenvalue weighted by molar-refractivity contribution is 0.0705. The standard InChI is InChI=1S/C10H19N5O2/c1-16-7-8-17-6-2-4-12-9-3-5-13-10(14-9)15-11/h3,5H,2,4,6-8,11H2,1H3,(H2,12,13,14,15). The van der Waals surface area contributed by atoms with Crippen molar-refractivity contribution in [1.82, 2.24) is 9.97 Å². The molecule has 1 aromatic rings. The molecule has 0 aliphatic rings. The van der Waals surface area contributed by atoms with Gasteiger partial charge in [-0.25, -0.2) is 10.8 Å². The Morgan fingerprint density at radius 2 is 2.24 bits per heavy atom. The second-order valence-electron chi connectivity index (χ2n) is 3.30. The Morgan fingerprint density at radius 3 is 3.00 bits per heavy atom. The average molecular weight is 241 g/mol. The van der Waals surface area contributed by atoms with E-state index in [2.05, 4.69) is 20.7 Å². The van der Waals surface area contributed by atoms with Crippen molar-refractivity contribution in [3.8, 4) is 0 Å². The minimum absolute atomic E-state index is 0.395. The lowest BCUT2D eigenvalue weighted by Gasteiger charge is -2.07. The number of hydrazine groups is 1. The van der Waals surface area contributed by atoms with Crippen molar-refractivity contribution in [2.75, 3.05) is 44.2 Å². The molecule has 1 rings (SSSR count). The highest BCUT2D eigenvalue weighted by molar-refractivity contribution is 5.38. The highest BCUT2D eigenvalue weighted by atomic mass is 16.5. The van der Waals surface area contributed by atoms with Crippen LogP contribution in [-0.2, 0) is 9.47 Å². The number of rotatable bonds is 9. The quantitative estimate of drug-likeness (QED) is 0.323. The molecule has 17 heavy (non-hydrogen) atoms. The second kappa shape index (κ2) is 8.68. The first-order valence-electron chi connectivity index (χ1n) is 5.47. The zero-order valence-electron chi connectivity index (χ0n) is 9.98. The fraction of sp³-hybridized carbons (Fsp3) is 0.600. The molecule has 7 heteroatoms. The molecule has 0 aromatic carbocycles. The largest absolute Gasteiger partial charge is 0.382 e. The minimum atomic E-state index is 0.395. The lowest BCUT2D eigenvalue weighted by Crippen LogP contribution is -2.13. The van der Waals surface area contributed by atoms with E-state index in [-0.39, 0.29) is 0 Å². The van der Waals surface area contributed by atoms with Crippen molar-refractivity contribution in [3.05, 3.63) is 12.3 Å². The number of anilines is 2. The molecule has 0 fully saturated rings. The highest BCUT2D eigenvalue weighted by Gasteiger charge is 1.96. The molecule has 0 atom stereocenters. The number of nitrogens with zero attached hydrogens (tertiary/aromatic N) is 2. The van der Waals surface area contributed by atoms with Gasteiger partial charge in [-0.05, 0) is 12.5 Å². The van der Waals surface area contributed by atoms with Gasteiger partial charge >= 0.3 is 0 Å². The Morgan fingerprint density at radius 1 is 1.35 bits per heavy atom. The van der Waals surface area contributed by atoms with E-state index in [1.807, 2.05) is 0 Å². The average Bonchev–Trinajstić information content (AvgIpc) is 2.38. The van der Waals surface area contributed by atoms with Gasteiger partial charge in [0.25, 0.3) is 0 Å². The van der Waals surface area contributed by atoms with Crippen LogP contribution < -0.4 is 16.6 Å². The summed E-state index contributed by atoms with van der Waals surface area (Å²) in [5, 5.41) is 3.15. The van der Waals surface area contributed by atoms with E-state index in [1.165, 1.54) is 0 Å². The summed E-state index contributed by atoms with van der Waals surface area (Å²) in [5.41, 5.74) is 2.39. The van der Waals surface area contributed by atoms with E-state index in [4.69, 9.17) is 15.3 Å². The van der Waals surface area contributed by atoms with Crippen LogP contribution in [0.1, 0.15) is 6.42 Å². The van der Waals surface area contributed by atoms with Gasteiger partial charge < -0.3 is 14.8 Å². The number of hydrogen-bond acceptors (Lipinski definition) is 7. The molecule has 0 radical (unpaired) electrons. The number of nitrogens with two attached hydrogens (primary N) is 1. The van der Waals surface area contributed by atoms with Gasteiger partial charge in [0, 0.05) is 26.5 Å². The van der Waals surface area contributed by atoms with Crippen molar-refractivity contribution >= 4 is 11.8 Å². The van der Waals surface area contributed by atoms with Crippen LogP contribution in [-0.4, -0.2) is 43.4 Å². The maximum absolute atomic E-state index is 5.33. The normalized spacial score (nSPS) is 10.2. The summed E-state index contributed by atoms with van der Waals surface area (Å²) in [6.07, 6.45) is 2.54. The fourth-order valence-electron chi connectivity index (χ4n) is 1.16. The van der Waals surface area contributed by atoms with Crippen molar-refractivity contribution in [1.29, 1.82) is 0 Å². The Balaban J connectivity index is 2.09. The Kier molecular flexibility index (Phi) is 6.96. The molecule has 0 saturated carbocycles. The van der Waals surface area contributed by atoms with E-state index in [0.29, 0.717) is 25.8 Å². The summed E-state index contributed by atoms with van der Waals surface area (Å²) < 4.78 is 10.2. The first-order valence-corrected chi connectivity index (χ1v) is 5.47. The van der Waals surface area contributed by atoms with Crippen LogP contribution in [0.5, 0.6) is 0 Å². The molecule has 0 aliphatic heterocycles. The topological polar surface area (TPSA) is 94.3 Å². The maximum atomic E-state index is 5.33. The molecule has 0 amide bonds. The van der Waals surface area contributed by atoms with Gasteiger partial charge in [-0.1, -0.05) is 0 Å². The van der Waals surface area contributed by atoms with Crippen LogP contribution in [0.2, 0.25) is 0 Å². The highest BCUT2D eigenvalue weighted by Crippen LogP contribution is 2.03. The summed E-state index contributed by atoms with van der Waals surface area (Å²) in [7, 11) is 1.66. The number of nitrogens with one attached hydrogen (secondary N) is 2. The van der Waals surface area contributed by atoms with Crippen LogP contribution >= 0.6 is 0 Å². The third kappa shape index (κ3) is 6.00. The van der Waals surface area contributed by atoms with E-state index >= 15 is 0 Å². The Labute approximate surface area is 101 Å². The predicted octanol–water partition coefficient (Wildman–Crippen LogP) is 0.227. The summed E-state index contributed by atoms with van der Waals surface area (Å²) in [6, 6.07) is 1.78. The molecular formula is C10H19N5O2. The molecule has 96 valence electrons. The van der Waals surface area contributed by atoms with Gasteiger partial charge in [0.05, 0.1) is 13.2 Å². The van der Waals surface area contributed by atoms with Gasteiger partial charge in [0.15, 0.2) is 0 Å². The molecule has 0 saturated heterocycles. The SMILES string of the molecule is COCCOCCCNc1ccnc(NN)n1. The summed E-state index contributed by atoms with van der Waals surface area (Å²) in [4.78, 5) is 8.03. The molecular weight excluding hydrogens is 222 g/mol. The molecule has 7 nitrogen and oxygen atoms in total. The second-order valence-corrected chi connectivity index (χ2v) is 3.30.